The molecule has 1 aromatic heterocycles. The van der Waals surface area contributed by atoms with E-state index in [1.807, 2.05) is 0 Å². The fourth-order valence-electron chi connectivity index (χ4n) is 3.03. The number of nitrogens with one attached hydrogen (secondary N) is 2. The lowest BCUT2D eigenvalue weighted by molar-refractivity contribution is 0.254. The Morgan fingerprint density at radius 3 is 2.71 bits per heavy atom. The first-order valence-corrected chi connectivity index (χ1v) is 6.96. The summed E-state index contributed by atoms with van der Waals surface area (Å²) < 4.78 is 0. The van der Waals surface area contributed by atoms with Gasteiger partial charge in [0.15, 0.2) is 0 Å². The number of hydrogen-bond donors (Lipinski definition) is 2. The fraction of sp³-hybridized carbons (Fsp3) is 0.786. The van der Waals surface area contributed by atoms with Crippen molar-refractivity contribution >= 4 is 0 Å². The third-order valence-corrected chi connectivity index (χ3v) is 4.26. The third-order valence-electron chi connectivity index (χ3n) is 4.26. The van der Waals surface area contributed by atoms with Gasteiger partial charge in [0.25, 0.3) is 0 Å². The highest BCUT2D eigenvalue weighted by molar-refractivity contribution is 5.22. The lowest BCUT2D eigenvalue weighted by Gasteiger charge is -2.31. The number of aromatic amines is 1. The highest BCUT2D eigenvalue weighted by Crippen LogP contribution is 2.27. The highest BCUT2D eigenvalue weighted by Gasteiger charge is 2.23. The van der Waals surface area contributed by atoms with Crippen LogP contribution in [-0.4, -0.2) is 16.2 Å². The Kier molecular flexibility index (Phi) is 4.21. The van der Waals surface area contributed by atoms with E-state index in [4.69, 9.17) is 0 Å². The molecule has 0 saturated heterocycles. The van der Waals surface area contributed by atoms with Gasteiger partial charge in [-0.3, -0.25) is 5.10 Å². The van der Waals surface area contributed by atoms with Crippen molar-refractivity contribution < 1.29 is 0 Å². The maximum absolute atomic E-state index is 4.25. The topological polar surface area (TPSA) is 40.7 Å². The highest BCUT2D eigenvalue weighted by atomic mass is 15.1. The molecule has 2 unspecified atom stereocenters. The second-order valence-electron chi connectivity index (χ2n) is 5.35. The van der Waals surface area contributed by atoms with Crippen molar-refractivity contribution in [1.29, 1.82) is 0 Å². The summed E-state index contributed by atoms with van der Waals surface area (Å²) in [5, 5.41) is 11.1. The SMILES string of the molecule is CCC1CCCCC1NCc1c(C)n[nH]c1C. The molecule has 1 aromatic rings. The summed E-state index contributed by atoms with van der Waals surface area (Å²) in [6.07, 6.45) is 6.85. The van der Waals surface area contributed by atoms with Crippen LogP contribution >= 0.6 is 0 Å². The smallest absolute Gasteiger partial charge is 0.0638 e. The van der Waals surface area contributed by atoms with Gasteiger partial charge in [0, 0.05) is 23.8 Å². The van der Waals surface area contributed by atoms with Crippen LogP contribution < -0.4 is 5.32 Å². The zero-order valence-corrected chi connectivity index (χ0v) is 11.3. The van der Waals surface area contributed by atoms with Crippen LogP contribution in [-0.2, 0) is 6.54 Å². The van der Waals surface area contributed by atoms with Crippen molar-refractivity contribution in [2.45, 2.75) is 65.5 Å². The zero-order chi connectivity index (χ0) is 12.3. The Balaban J connectivity index is 1.92. The second kappa shape index (κ2) is 5.67. The fourth-order valence-corrected chi connectivity index (χ4v) is 3.03. The summed E-state index contributed by atoms with van der Waals surface area (Å²) in [6, 6.07) is 0.711. The van der Waals surface area contributed by atoms with Gasteiger partial charge in [-0.15, -0.1) is 0 Å². The molecule has 3 nitrogen and oxygen atoms in total. The van der Waals surface area contributed by atoms with E-state index in [2.05, 4.69) is 36.3 Å². The molecule has 0 aliphatic heterocycles. The van der Waals surface area contributed by atoms with E-state index in [1.165, 1.54) is 43.4 Å². The molecule has 0 bridgehead atoms. The van der Waals surface area contributed by atoms with Crippen LogP contribution in [0.4, 0.5) is 0 Å². The molecule has 17 heavy (non-hydrogen) atoms. The minimum absolute atomic E-state index is 0.711. The zero-order valence-electron chi connectivity index (χ0n) is 11.3. The molecular formula is C14H25N3. The molecule has 2 rings (SSSR count). The van der Waals surface area contributed by atoms with E-state index in [1.54, 1.807) is 0 Å². The van der Waals surface area contributed by atoms with E-state index >= 15 is 0 Å². The molecule has 1 aliphatic rings. The Morgan fingerprint density at radius 2 is 2.06 bits per heavy atom. The molecule has 1 heterocycles. The van der Waals surface area contributed by atoms with Crippen LogP contribution in [0.5, 0.6) is 0 Å². The number of rotatable bonds is 4. The van der Waals surface area contributed by atoms with E-state index in [9.17, 15) is 0 Å². The van der Waals surface area contributed by atoms with Gasteiger partial charge >= 0.3 is 0 Å². The standard InChI is InChI=1S/C14H25N3/c1-4-12-7-5-6-8-14(12)15-9-13-10(2)16-17-11(13)3/h12,14-15H,4-9H2,1-3H3,(H,16,17). The van der Waals surface area contributed by atoms with E-state index < -0.39 is 0 Å². The van der Waals surface area contributed by atoms with Crippen molar-refractivity contribution in [2.75, 3.05) is 0 Å². The number of H-pyrrole nitrogens is 1. The lowest BCUT2D eigenvalue weighted by atomic mass is 9.83. The number of nitrogens with zero attached hydrogens (tertiary/aromatic N) is 1. The summed E-state index contributed by atoms with van der Waals surface area (Å²) in [5.41, 5.74) is 3.70. The van der Waals surface area contributed by atoms with E-state index in [0.29, 0.717) is 6.04 Å². The molecule has 96 valence electrons. The van der Waals surface area contributed by atoms with Crippen LogP contribution in [0.15, 0.2) is 0 Å². The quantitative estimate of drug-likeness (QED) is 0.842. The minimum atomic E-state index is 0.711. The molecule has 0 aromatic carbocycles. The molecule has 3 heteroatoms. The molecular weight excluding hydrogens is 210 g/mol. The van der Waals surface area contributed by atoms with Gasteiger partial charge in [-0.25, -0.2) is 0 Å². The first-order valence-electron chi connectivity index (χ1n) is 6.96. The maximum atomic E-state index is 4.25. The van der Waals surface area contributed by atoms with Crippen molar-refractivity contribution in [3.05, 3.63) is 17.0 Å². The van der Waals surface area contributed by atoms with Gasteiger partial charge in [-0.1, -0.05) is 26.2 Å². The Hall–Kier alpha value is -0.830. The van der Waals surface area contributed by atoms with Crippen LogP contribution in [0.2, 0.25) is 0 Å². The predicted octanol–water partition coefficient (Wildman–Crippen LogP) is 3.08. The van der Waals surface area contributed by atoms with E-state index in [0.717, 1.165) is 18.2 Å². The predicted molar refractivity (Wildman–Crippen MR) is 70.9 cm³/mol. The van der Waals surface area contributed by atoms with Gasteiger partial charge < -0.3 is 5.32 Å². The van der Waals surface area contributed by atoms with Crippen LogP contribution in [0.3, 0.4) is 0 Å². The summed E-state index contributed by atoms with van der Waals surface area (Å²) in [6.45, 7) is 7.47. The van der Waals surface area contributed by atoms with Crippen molar-refractivity contribution in [3.8, 4) is 0 Å². The maximum Gasteiger partial charge on any atom is 0.0638 e. The van der Waals surface area contributed by atoms with Crippen molar-refractivity contribution in [2.24, 2.45) is 5.92 Å². The minimum Gasteiger partial charge on any atom is -0.310 e. The third kappa shape index (κ3) is 2.89. The van der Waals surface area contributed by atoms with Gasteiger partial charge in [-0.2, -0.15) is 5.10 Å². The first kappa shape index (κ1) is 12.6. The number of aryl methyl sites for hydroxylation is 2. The molecule has 2 atom stereocenters. The Bertz CT molecular complexity index is 337. The van der Waals surface area contributed by atoms with Crippen molar-refractivity contribution in [3.63, 3.8) is 0 Å². The lowest BCUT2D eigenvalue weighted by Crippen LogP contribution is -2.38. The monoisotopic (exact) mass is 235 g/mol. The van der Waals surface area contributed by atoms with Crippen molar-refractivity contribution in [1.82, 2.24) is 15.5 Å². The van der Waals surface area contributed by atoms with Crippen LogP contribution in [0.25, 0.3) is 0 Å². The Morgan fingerprint density at radius 1 is 1.29 bits per heavy atom. The molecule has 0 spiro atoms. The summed E-state index contributed by atoms with van der Waals surface area (Å²) >= 11 is 0. The average Bonchev–Trinajstić information content (AvgIpc) is 2.67. The normalized spacial score (nSPS) is 25.1. The molecule has 2 N–H and O–H groups in total. The second-order valence-corrected chi connectivity index (χ2v) is 5.35. The Labute approximate surface area is 104 Å². The molecule has 1 fully saturated rings. The van der Waals surface area contributed by atoms with Gasteiger partial charge in [0.1, 0.15) is 0 Å². The summed E-state index contributed by atoms with van der Waals surface area (Å²) in [4.78, 5) is 0. The largest absolute Gasteiger partial charge is 0.310 e. The average molecular weight is 235 g/mol. The summed E-state index contributed by atoms with van der Waals surface area (Å²) in [7, 11) is 0. The molecule has 0 radical (unpaired) electrons. The molecule has 1 saturated carbocycles. The van der Waals surface area contributed by atoms with Gasteiger partial charge in [-0.05, 0) is 32.6 Å². The molecule has 1 aliphatic carbocycles. The number of aromatic nitrogens is 2. The number of hydrogen-bond acceptors (Lipinski definition) is 2. The van der Waals surface area contributed by atoms with Gasteiger partial charge in [0.2, 0.25) is 0 Å². The molecule has 0 amide bonds. The summed E-state index contributed by atoms with van der Waals surface area (Å²) in [5.74, 6) is 0.872. The van der Waals surface area contributed by atoms with Crippen LogP contribution in [0, 0.1) is 19.8 Å². The van der Waals surface area contributed by atoms with Gasteiger partial charge in [0.05, 0.1) is 5.69 Å². The van der Waals surface area contributed by atoms with Crippen LogP contribution in [0.1, 0.15) is 56.0 Å². The van der Waals surface area contributed by atoms with E-state index in [-0.39, 0.29) is 0 Å². The first-order chi connectivity index (χ1) is 8.22.